The lowest BCUT2D eigenvalue weighted by Gasteiger charge is -2.27. The fourth-order valence-corrected chi connectivity index (χ4v) is 2.99. The number of nitrogens with zero attached hydrogens (tertiary/aromatic N) is 3. The molecule has 8 heteroatoms. The molecule has 0 saturated carbocycles. The minimum absolute atomic E-state index is 0.121. The third-order valence-electron chi connectivity index (χ3n) is 2.95. The molecule has 0 aromatic carbocycles. The number of nitrogens with one attached hydrogen (secondary N) is 1. The first-order chi connectivity index (χ1) is 9.61. The molecule has 1 saturated heterocycles. The van der Waals surface area contributed by atoms with E-state index in [2.05, 4.69) is 19.6 Å². The summed E-state index contributed by atoms with van der Waals surface area (Å²) in [4.78, 5) is 10.6. The second-order valence-electron chi connectivity index (χ2n) is 4.57. The summed E-state index contributed by atoms with van der Waals surface area (Å²) in [6, 6.07) is 1.83. The van der Waals surface area contributed by atoms with Crippen LogP contribution in [0.2, 0.25) is 0 Å². The zero-order chi connectivity index (χ0) is 14.4. The summed E-state index contributed by atoms with van der Waals surface area (Å²) in [5.74, 6) is 1.41. The van der Waals surface area contributed by atoms with Crippen molar-refractivity contribution in [3.8, 4) is 0 Å². The largest absolute Gasteiger partial charge is 0.378 e. The van der Waals surface area contributed by atoms with Crippen LogP contribution in [0.3, 0.4) is 0 Å². The Morgan fingerprint density at radius 2 is 2.15 bits per heavy atom. The molecule has 20 heavy (non-hydrogen) atoms. The van der Waals surface area contributed by atoms with Gasteiger partial charge >= 0.3 is 0 Å². The van der Waals surface area contributed by atoms with Gasteiger partial charge in [0, 0.05) is 19.3 Å². The highest BCUT2D eigenvalue weighted by molar-refractivity contribution is 7.89. The van der Waals surface area contributed by atoms with Gasteiger partial charge < -0.3 is 9.64 Å². The smallest absolute Gasteiger partial charge is 0.211 e. The van der Waals surface area contributed by atoms with E-state index in [1.54, 1.807) is 6.20 Å². The fourth-order valence-electron chi connectivity index (χ4n) is 1.96. The molecule has 0 aliphatic carbocycles. The molecule has 1 N–H and O–H groups in total. The van der Waals surface area contributed by atoms with Gasteiger partial charge in [-0.15, -0.1) is 0 Å². The molecule has 112 valence electrons. The second kappa shape index (κ2) is 6.96. The van der Waals surface area contributed by atoms with Crippen molar-refractivity contribution in [3.05, 3.63) is 18.1 Å². The van der Waals surface area contributed by atoms with Gasteiger partial charge in [-0.05, 0) is 12.5 Å². The van der Waals surface area contributed by atoms with Crippen molar-refractivity contribution in [1.82, 2.24) is 14.7 Å². The molecule has 2 heterocycles. The Morgan fingerprint density at radius 1 is 1.40 bits per heavy atom. The van der Waals surface area contributed by atoms with E-state index in [4.69, 9.17) is 4.74 Å². The van der Waals surface area contributed by atoms with Crippen LogP contribution in [0.25, 0.3) is 0 Å². The van der Waals surface area contributed by atoms with E-state index in [1.807, 2.05) is 13.0 Å². The number of anilines is 1. The van der Waals surface area contributed by atoms with Crippen molar-refractivity contribution in [2.24, 2.45) is 0 Å². The summed E-state index contributed by atoms with van der Waals surface area (Å²) in [5.41, 5.74) is 0. The van der Waals surface area contributed by atoms with E-state index in [0.717, 1.165) is 18.9 Å². The van der Waals surface area contributed by atoms with Crippen molar-refractivity contribution in [1.29, 1.82) is 0 Å². The molecule has 0 radical (unpaired) electrons. The third-order valence-corrected chi connectivity index (χ3v) is 4.48. The molecule has 0 spiro atoms. The third kappa shape index (κ3) is 4.39. The molecule has 1 aliphatic heterocycles. The van der Waals surface area contributed by atoms with Gasteiger partial charge in [-0.2, -0.15) is 0 Å². The van der Waals surface area contributed by atoms with Gasteiger partial charge in [0.25, 0.3) is 0 Å². The van der Waals surface area contributed by atoms with Crippen LogP contribution >= 0.6 is 0 Å². The number of hydrogen-bond acceptors (Lipinski definition) is 6. The van der Waals surface area contributed by atoms with Crippen LogP contribution in [-0.2, 0) is 21.3 Å². The maximum absolute atomic E-state index is 11.6. The first kappa shape index (κ1) is 15.1. The fraction of sp³-hybridized carbons (Fsp3) is 0.667. The number of rotatable bonds is 6. The van der Waals surface area contributed by atoms with Crippen LogP contribution in [0.5, 0.6) is 0 Å². The average Bonchev–Trinajstić information content (AvgIpc) is 2.47. The lowest BCUT2D eigenvalue weighted by Crippen LogP contribution is -2.37. The van der Waals surface area contributed by atoms with Crippen LogP contribution in [-0.4, -0.2) is 50.4 Å². The van der Waals surface area contributed by atoms with E-state index in [0.29, 0.717) is 25.5 Å². The number of ether oxygens (including phenoxy) is 1. The van der Waals surface area contributed by atoms with Crippen molar-refractivity contribution >= 4 is 15.8 Å². The molecular weight excluding hydrogens is 280 g/mol. The number of aromatic nitrogens is 2. The Balaban J connectivity index is 1.99. The number of hydrogen-bond donors (Lipinski definition) is 1. The number of morpholine rings is 1. The molecule has 1 aromatic rings. The van der Waals surface area contributed by atoms with Crippen molar-refractivity contribution in [2.45, 2.75) is 19.9 Å². The quantitative estimate of drug-likeness (QED) is 0.804. The van der Waals surface area contributed by atoms with Gasteiger partial charge in [-0.1, -0.05) is 6.92 Å². The summed E-state index contributed by atoms with van der Waals surface area (Å²) < 4.78 is 31.0. The van der Waals surface area contributed by atoms with Crippen LogP contribution in [0.15, 0.2) is 12.3 Å². The van der Waals surface area contributed by atoms with Crippen LogP contribution in [0.4, 0.5) is 5.82 Å². The Morgan fingerprint density at radius 3 is 2.85 bits per heavy atom. The Hall–Kier alpha value is -1.25. The highest BCUT2D eigenvalue weighted by atomic mass is 32.2. The molecule has 2 rings (SSSR count). The van der Waals surface area contributed by atoms with E-state index >= 15 is 0 Å². The molecule has 0 atom stereocenters. The molecule has 1 aliphatic rings. The molecule has 1 aromatic heterocycles. The highest BCUT2D eigenvalue weighted by Gasteiger charge is 2.14. The summed E-state index contributed by atoms with van der Waals surface area (Å²) in [7, 11) is -3.23. The van der Waals surface area contributed by atoms with Gasteiger partial charge in [0.2, 0.25) is 10.0 Å². The standard InChI is InChI=1S/C12H20N4O3S/c1-2-9-20(17,18)14-10-11-13-4-3-12(15-11)16-5-7-19-8-6-16/h3-4,14H,2,5-10H2,1H3. The zero-order valence-electron chi connectivity index (χ0n) is 11.6. The highest BCUT2D eigenvalue weighted by Crippen LogP contribution is 2.11. The summed E-state index contributed by atoms with van der Waals surface area (Å²) in [6.07, 6.45) is 2.24. The van der Waals surface area contributed by atoms with Crippen molar-refractivity contribution in [3.63, 3.8) is 0 Å². The molecule has 1 fully saturated rings. The molecule has 7 nitrogen and oxygen atoms in total. The summed E-state index contributed by atoms with van der Waals surface area (Å²) >= 11 is 0. The van der Waals surface area contributed by atoms with Crippen LogP contribution < -0.4 is 9.62 Å². The first-order valence-electron chi connectivity index (χ1n) is 6.72. The minimum Gasteiger partial charge on any atom is -0.378 e. The minimum atomic E-state index is -3.23. The van der Waals surface area contributed by atoms with Crippen LogP contribution in [0, 0.1) is 0 Å². The average molecular weight is 300 g/mol. The van der Waals surface area contributed by atoms with Crippen molar-refractivity contribution < 1.29 is 13.2 Å². The molecular formula is C12H20N4O3S. The number of sulfonamides is 1. The maximum atomic E-state index is 11.6. The lowest BCUT2D eigenvalue weighted by molar-refractivity contribution is 0.122. The topological polar surface area (TPSA) is 84.4 Å². The van der Waals surface area contributed by atoms with E-state index < -0.39 is 10.0 Å². The van der Waals surface area contributed by atoms with Crippen molar-refractivity contribution in [2.75, 3.05) is 37.0 Å². The first-order valence-corrected chi connectivity index (χ1v) is 8.38. The predicted octanol–water partition coefficient (Wildman–Crippen LogP) is 0.143. The van der Waals surface area contributed by atoms with E-state index in [1.165, 1.54) is 0 Å². The van der Waals surface area contributed by atoms with Gasteiger partial charge in [0.15, 0.2) is 0 Å². The Labute approximate surface area is 119 Å². The van der Waals surface area contributed by atoms with Gasteiger partial charge in [-0.25, -0.2) is 23.1 Å². The van der Waals surface area contributed by atoms with E-state index in [9.17, 15) is 8.42 Å². The monoisotopic (exact) mass is 300 g/mol. The maximum Gasteiger partial charge on any atom is 0.211 e. The van der Waals surface area contributed by atoms with Gasteiger partial charge in [-0.3, -0.25) is 0 Å². The molecule has 0 unspecified atom stereocenters. The summed E-state index contributed by atoms with van der Waals surface area (Å²) in [5, 5.41) is 0. The van der Waals surface area contributed by atoms with E-state index in [-0.39, 0.29) is 12.3 Å². The zero-order valence-corrected chi connectivity index (χ0v) is 12.4. The summed E-state index contributed by atoms with van der Waals surface area (Å²) in [6.45, 7) is 4.90. The lowest BCUT2D eigenvalue weighted by atomic mass is 10.4. The normalized spacial score (nSPS) is 16.4. The Kier molecular flexibility index (Phi) is 5.27. The van der Waals surface area contributed by atoms with Gasteiger partial charge in [0.05, 0.1) is 25.5 Å². The molecule has 0 bridgehead atoms. The second-order valence-corrected chi connectivity index (χ2v) is 6.50. The van der Waals surface area contributed by atoms with Crippen LogP contribution in [0.1, 0.15) is 19.2 Å². The SMILES string of the molecule is CCCS(=O)(=O)NCc1nccc(N2CCOCC2)n1. The Bertz CT molecular complexity index is 529. The predicted molar refractivity (Wildman–Crippen MR) is 76.0 cm³/mol. The van der Waals surface area contributed by atoms with Gasteiger partial charge in [0.1, 0.15) is 11.6 Å². The molecule has 0 amide bonds.